The molecule has 1 aromatic carbocycles. The molecule has 0 unspecified atom stereocenters. The molecular formula is C15H15N. The van der Waals surface area contributed by atoms with Crippen LogP contribution in [0.1, 0.15) is 17.5 Å². The van der Waals surface area contributed by atoms with Gasteiger partial charge in [0.25, 0.3) is 0 Å². The molecule has 0 radical (unpaired) electrons. The lowest BCUT2D eigenvalue weighted by Crippen LogP contribution is -1.81. The van der Waals surface area contributed by atoms with E-state index >= 15 is 0 Å². The summed E-state index contributed by atoms with van der Waals surface area (Å²) in [5.74, 6) is 0. The summed E-state index contributed by atoms with van der Waals surface area (Å²) in [6, 6.07) is 8.56. The molecule has 0 amide bonds. The second kappa shape index (κ2) is 5.17. The maximum absolute atomic E-state index is 5.25. The lowest BCUT2D eigenvalue weighted by atomic mass is 10.0. The third kappa shape index (κ3) is 2.51. The molecule has 1 aromatic rings. The van der Waals surface area contributed by atoms with E-state index in [1.54, 1.807) is 0 Å². The molecule has 1 nitrogen and oxygen atoms in total. The van der Waals surface area contributed by atoms with Gasteiger partial charge in [0.1, 0.15) is 0 Å². The molecule has 0 saturated heterocycles. The van der Waals surface area contributed by atoms with Gasteiger partial charge in [-0.25, -0.2) is 0 Å². The van der Waals surface area contributed by atoms with Gasteiger partial charge in [-0.05, 0) is 35.4 Å². The van der Waals surface area contributed by atoms with Crippen LogP contribution < -0.4 is 5.73 Å². The van der Waals surface area contributed by atoms with Crippen molar-refractivity contribution in [2.24, 2.45) is 5.73 Å². The summed E-state index contributed by atoms with van der Waals surface area (Å²) in [6.45, 7) is 0. The Morgan fingerprint density at radius 2 is 1.88 bits per heavy atom. The average Bonchev–Trinajstić information content (AvgIpc) is 2.84. The highest BCUT2D eigenvalue weighted by molar-refractivity contribution is 5.71. The van der Waals surface area contributed by atoms with Crippen LogP contribution in [0, 0.1) is 0 Å². The highest BCUT2D eigenvalue weighted by atomic mass is 14.5. The summed E-state index contributed by atoms with van der Waals surface area (Å²) in [4.78, 5) is 0. The van der Waals surface area contributed by atoms with E-state index in [9.17, 15) is 0 Å². The van der Waals surface area contributed by atoms with Crippen LogP contribution in [0.3, 0.4) is 0 Å². The van der Waals surface area contributed by atoms with E-state index in [2.05, 4.69) is 42.5 Å². The normalized spacial score (nSPS) is 15.1. The second-order valence-electron chi connectivity index (χ2n) is 3.69. The predicted molar refractivity (Wildman–Crippen MR) is 70.5 cm³/mol. The molecule has 80 valence electrons. The number of hydrogen-bond donors (Lipinski definition) is 1. The van der Waals surface area contributed by atoms with E-state index < -0.39 is 0 Å². The summed E-state index contributed by atoms with van der Waals surface area (Å²) < 4.78 is 0. The van der Waals surface area contributed by atoms with Crippen molar-refractivity contribution in [1.29, 1.82) is 0 Å². The standard InChI is InChI=1S/C15H15N/c16-12-4-3-5-13-8-10-15(11-9-13)14-6-1-2-7-14/h1-6,8-12H,7,16H2/b5-3-,12-4-. The first-order valence-corrected chi connectivity index (χ1v) is 5.41. The van der Waals surface area contributed by atoms with Crippen molar-refractivity contribution >= 4 is 11.6 Å². The summed E-state index contributed by atoms with van der Waals surface area (Å²) in [5.41, 5.74) is 9.13. The molecule has 2 N–H and O–H groups in total. The second-order valence-corrected chi connectivity index (χ2v) is 3.69. The zero-order valence-electron chi connectivity index (χ0n) is 9.14. The number of rotatable bonds is 3. The van der Waals surface area contributed by atoms with Crippen LogP contribution in [0.25, 0.3) is 11.6 Å². The van der Waals surface area contributed by atoms with Crippen molar-refractivity contribution in [3.63, 3.8) is 0 Å². The van der Waals surface area contributed by atoms with Crippen LogP contribution in [0.15, 0.2) is 60.8 Å². The minimum absolute atomic E-state index is 1.05. The summed E-state index contributed by atoms with van der Waals surface area (Å²) in [5, 5.41) is 0. The van der Waals surface area contributed by atoms with Gasteiger partial charge in [0.05, 0.1) is 0 Å². The van der Waals surface area contributed by atoms with Gasteiger partial charge in [-0.3, -0.25) is 0 Å². The van der Waals surface area contributed by atoms with Crippen molar-refractivity contribution in [2.45, 2.75) is 6.42 Å². The minimum Gasteiger partial charge on any atom is -0.405 e. The van der Waals surface area contributed by atoms with Crippen molar-refractivity contribution in [3.8, 4) is 0 Å². The van der Waals surface area contributed by atoms with E-state index in [0.29, 0.717) is 0 Å². The molecular weight excluding hydrogens is 194 g/mol. The van der Waals surface area contributed by atoms with Gasteiger partial charge in [-0.2, -0.15) is 0 Å². The predicted octanol–water partition coefficient (Wildman–Crippen LogP) is 3.52. The molecule has 0 aliphatic heterocycles. The highest BCUT2D eigenvalue weighted by Gasteiger charge is 2.01. The average molecular weight is 209 g/mol. The topological polar surface area (TPSA) is 26.0 Å². The Morgan fingerprint density at radius 3 is 2.50 bits per heavy atom. The highest BCUT2D eigenvalue weighted by Crippen LogP contribution is 2.23. The summed E-state index contributed by atoms with van der Waals surface area (Å²) in [7, 11) is 0. The fraction of sp³-hybridized carbons (Fsp3) is 0.0667. The van der Waals surface area contributed by atoms with Gasteiger partial charge >= 0.3 is 0 Å². The fourth-order valence-corrected chi connectivity index (χ4v) is 1.70. The van der Waals surface area contributed by atoms with Crippen molar-refractivity contribution in [2.75, 3.05) is 0 Å². The first-order chi connectivity index (χ1) is 7.90. The SMILES string of the molecule is N/C=C\C=C/c1ccc(C2=CC=CC2)cc1. The first kappa shape index (κ1) is 10.5. The molecule has 0 bridgehead atoms. The van der Waals surface area contributed by atoms with Crippen LogP contribution in [0.5, 0.6) is 0 Å². The molecule has 2 rings (SSSR count). The lowest BCUT2D eigenvalue weighted by Gasteiger charge is -2.02. The Kier molecular flexibility index (Phi) is 3.39. The number of nitrogens with two attached hydrogens (primary N) is 1. The first-order valence-electron chi connectivity index (χ1n) is 5.41. The van der Waals surface area contributed by atoms with Crippen LogP contribution in [-0.4, -0.2) is 0 Å². The van der Waals surface area contributed by atoms with Crippen LogP contribution >= 0.6 is 0 Å². The molecule has 0 atom stereocenters. The molecule has 0 saturated carbocycles. The van der Waals surface area contributed by atoms with Gasteiger partial charge in [0, 0.05) is 0 Å². The monoisotopic (exact) mass is 209 g/mol. The van der Waals surface area contributed by atoms with E-state index in [1.165, 1.54) is 22.9 Å². The van der Waals surface area contributed by atoms with Crippen LogP contribution in [0.2, 0.25) is 0 Å². The molecule has 1 aliphatic rings. The molecule has 1 heteroatoms. The van der Waals surface area contributed by atoms with Gasteiger partial charge < -0.3 is 5.73 Å². The molecule has 0 heterocycles. The Bertz CT molecular complexity index is 459. The quantitative estimate of drug-likeness (QED) is 0.757. The lowest BCUT2D eigenvalue weighted by molar-refractivity contribution is 1.43. The van der Waals surface area contributed by atoms with E-state index in [-0.39, 0.29) is 0 Å². The van der Waals surface area contributed by atoms with Gasteiger partial charge in [0.15, 0.2) is 0 Å². The Morgan fingerprint density at radius 1 is 1.06 bits per heavy atom. The smallest absolute Gasteiger partial charge is 0.00624 e. The molecule has 16 heavy (non-hydrogen) atoms. The molecule has 0 spiro atoms. The Balaban J connectivity index is 2.10. The van der Waals surface area contributed by atoms with Crippen LogP contribution in [0.4, 0.5) is 0 Å². The van der Waals surface area contributed by atoms with Crippen molar-refractivity contribution in [1.82, 2.24) is 0 Å². The number of hydrogen-bond acceptors (Lipinski definition) is 1. The Hall–Kier alpha value is -2.02. The van der Waals surface area contributed by atoms with E-state index in [1.807, 2.05) is 18.2 Å². The molecule has 0 fully saturated rings. The van der Waals surface area contributed by atoms with Gasteiger partial charge in [-0.1, -0.05) is 54.6 Å². The van der Waals surface area contributed by atoms with Gasteiger partial charge in [0.2, 0.25) is 0 Å². The third-order valence-electron chi connectivity index (χ3n) is 2.56. The zero-order valence-corrected chi connectivity index (χ0v) is 9.14. The van der Waals surface area contributed by atoms with E-state index in [0.717, 1.165) is 6.42 Å². The number of allylic oxidation sites excluding steroid dienone is 6. The van der Waals surface area contributed by atoms with Gasteiger partial charge in [-0.15, -0.1) is 0 Å². The zero-order chi connectivity index (χ0) is 11.2. The van der Waals surface area contributed by atoms with Crippen molar-refractivity contribution < 1.29 is 0 Å². The maximum atomic E-state index is 5.25. The Labute approximate surface area is 96.3 Å². The molecule has 0 aromatic heterocycles. The van der Waals surface area contributed by atoms with Crippen molar-refractivity contribution in [3.05, 3.63) is 72.0 Å². The molecule has 1 aliphatic carbocycles. The minimum atomic E-state index is 1.05. The van der Waals surface area contributed by atoms with Crippen LogP contribution in [-0.2, 0) is 0 Å². The fourth-order valence-electron chi connectivity index (χ4n) is 1.70. The largest absolute Gasteiger partial charge is 0.405 e. The summed E-state index contributed by atoms with van der Waals surface area (Å²) >= 11 is 0. The number of benzene rings is 1. The summed E-state index contributed by atoms with van der Waals surface area (Å²) in [6.07, 6.45) is 14.8. The third-order valence-corrected chi connectivity index (χ3v) is 2.56. The van der Waals surface area contributed by atoms with E-state index in [4.69, 9.17) is 5.73 Å². The maximum Gasteiger partial charge on any atom is -0.00624 e.